The number of hydrogen-bond donors (Lipinski definition) is 0. The van der Waals surface area contributed by atoms with E-state index in [-0.39, 0.29) is 51.1 Å². The summed E-state index contributed by atoms with van der Waals surface area (Å²) >= 11 is 0. The van der Waals surface area contributed by atoms with Crippen molar-refractivity contribution in [1.29, 1.82) is 0 Å². The van der Waals surface area contributed by atoms with Gasteiger partial charge in [-0.1, -0.05) is 60.7 Å². The third-order valence-electron chi connectivity index (χ3n) is 7.50. The van der Waals surface area contributed by atoms with Gasteiger partial charge in [-0.05, 0) is 25.0 Å². The number of nitrogens with zero attached hydrogens (tertiary/aromatic N) is 4. The molecule has 0 N–H and O–H groups in total. The number of imide groups is 2. The number of carbonyl (C=O) groups excluding carboxylic acids is 6. The zero-order chi connectivity index (χ0) is 30.2. The molecule has 2 atom stereocenters. The molecule has 222 valence electrons. The Morgan fingerprint density at radius 3 is 1.21 bits per heavy atom. The molecule has 0 saturated carbocycles. The van der Waals surface area contributed by atoms with Crippen LogP contribution in [0, 0.1) is 0 Å². The lowest BCUT2D eigenvalue weighted by Gasteiger charge is -2.43. The van der Waals surface area contributed by atoms with Gasteiger partial charge >= 0.3 is 11.9 Å². The fraction of sp³-hybridized carbons (Fsp3) is 0.400. The van der Waals surface area contributed by atoms with Gasteiger partial charge in [-0.2, -0.15) is 0 Å². The molecule has 2 aromatic carbocycles. The van der Waals surface area contributed by atoms with E-state index in [0.717, 1.165) is 20.9 Å². The van der Waals surface area contributed by atoms with Crippen molar-refractivity contribution < 1.29 is 38.2 Å². The summed E-state index contributed by atoms with van der Waals surface area (Å²) in [5.41, 5.74) is 1.52. The molecule has 2 aliphatic heterocycles. The van der Waals surface area contributed by atoms with Gasteiger partial charge in [0.05, 0.1) is 39.0 Å². The lowest BCUT2D eigenvalue weighted by Crippen LogP contribution is -2.63. The van der Waals surface area contributed by atoms with E-state index in [9.17, 15) is 28.8 Å². The smallest absolute Gasteiger partial charge is 0.311 e. The molecular weight excluding hydrogens is 544 g/mol. The van der Waals surface area contributed by atoms with Crippen LogP contribution in [0.25, 0.3) is 0 Å². The lowest BCUT2D eigenvalue weighted by molar-refractivity contribution is -0.168. The number of benzene rings is 2. The molecule has 0 spiro atoms. The minimum atomic E-state index is -0.550. The van der Waals surface area contributed by atoms with Crippen LogP contribution in [0.15, 0.2) is 60.7 Å². The van der Waals surface area contributed by atoms with Crippen molar-refractivity contribution in [3.05, 3.63) is 71.8 Å². The molecule has 0 aliphatic carbocycles. The van der Waals surface area contributed by atoms with Crippen LogP contribution >= 0.6 is 0 Å². The van der Waals surface area contributed by atoms with Gasteiger partial charge in [0.2, 0.25) is 23.6 Å². The van der Waals surface area contributed by atoms with Crippen LogP contribution in [0.3, 0.4) is 0 Å². The van der Waals surface area contributed by atoms with Gasteiger partial charge in [-0.3, -0.25) is 38.6 Å². The van der Waals surface area contributed by atoms with Crippen LogP contribution in [-0.4, -0.2) is 107 Å². The van der Waals surface area contributed by atoms with E-state index in [1.807, 2.05) is 26.0 Å². The van der Waals surface area contributed by atoms with Crippen molar-refractivity contribution in [2.24, 2.45) is 0 Å². The molecule has 2 unspecified atom stereocenters. The van der Waals surface area contributed by atoms with Crippen molar-refractivity contribution in [3.8, 4) is 0 Å². The highest BCUT2D eigenvalue weighted by Crippen LogP contribution is 2.18. The fourth-order valence-corrected chi connectivity index (χ4v) is 4.80. The van der Waals surface area contributed by atoms with Gasteiger partial charge in [0.25, 0.3) is 0 Å². The van der Waals surface area contributed by atoms with E-state index < -0.39 is 49.0 Å². The fourth-order valence-electron chi connectivity index (χ4n) is 4.80. The third kappa shape index (κ3) is 7.86. The van der Waals surface area contributed by atoms with Gasteiger partial charge in [-0.25, -0.2) is 9.80 Å². The maximum absolute atomic E-state index is 12.8. The number of esters is 2. The van der Waals surface area contributed by atoms with Crippen LogP contribution in [0.1, 0.15) is 25.0 Å². The molecule has 12 heteroatoms. The zero-order valence-corrected chi connectivity index (χ0v) is 23.6. The first-order chi connectivity index (χ1) is 20.1. The molecule has 42 heavy (non-hydrogen) atoms. The zero-order valence-electron chi connectivity index (χ0n) is 23.6. The topological polar surface area (TPSA) is 134 Å². The van der Waals surface area contributed by atoms with Crippen LogP contribution in [-0.2, 0) is 51.1 Å². The van der Waals surface area contributed by atoms with E-state index in [1.165, 1.54) is 0 Å². The molecule has 2 saturated heterocycles. The highest BCUT2D eigenvalue weighted by Gasteiger charge is 2.40. The number of amides is 4. The second-order valence-electron chi connectivity index (χ2n) is 10.3. The van der Waals surface area contributed by atoms with Crippen LogP contribution < -0.4 is 0 Å². The number of hydrogen-bond acceptors (Lipinski definition) is 10. The average molecular weight is 579 g/mol. The first-order valence-corrected chi connectivity index (χ1v) is 13.7. The van der Waals surface area contributed by atoms with Crippen molar-refractivity contribution in [3.63, 3.8) is 0 Å². The van der Waals surface area contributed by atoms with E-state index in [0.29, 0.717) is 0 Å². The second kappa shape index (κ2) is 14.0. The minimum Gasteiger partial charge on any atom is -0.443 e. The normalized spacial score (nSPS) is 18.1. The number of ether oxygens (including phenoxy) is 2. The highest BCUT2D eigenvalue weighted by atomic mass is 16.6. The molecule has 2 heterocycles. The Bertz CT molecular complexity index is 1180. The summed E-state index contributed by atoms with van der Waals surface area (Å²) in [6.45, 7) is 2.35. The Hall–Kier alpha value is -4.42. The van der Waals surface area contributed by atoms with Gasteiger partial charge in [-0.15, -0.1) is 0 Å². The molecule has 4 amide bonds. The number of rotatable bonds is 11. The van der Waals surface area contributed by atoms with E-state index >= 15 is 0 Å². The van der Waals surface area contributed by atoms with Gasteiger partial charge in [0.1, 0.15) is 0 Å². The molecule has 2 aliphatic rings. The third-order valence-corrected chi connectivity index (χ3v) is 7.50. The van der Waals surface area contributed by atoms with Crippen LogP contribution in [0.4, 0.5) is 0 Å². The van der Waals surface area contributed by atoms with Crippen molar-refractivity contribution >= 4 is 35.6 Å². The Morgan fingerprint density at radius 2 is 0.905 bits per heavy atom. The van der Waals surface area contributed by atoms with Gasteiger partial charge in [0, 0.05) is 12.1 Å². The summed E-state index contributed by atoms with van der Waals surface area (Å²) in [7, 11) is 0. The molecule has 12 nitrogen and oxygen atoms in total. The summed E-state index contributed by atoms with van der Waals surface area (Å²) < 4.78 is 10.3. The molecule has 0 bridgehead atoms. The molecular formula is C30H34N4O8. The quantitative estimate of drug-likeness (QED) is 0.276. The monoisotopic (exact) mass is 578 g/mol. The lowest BCUT2D eigenvalue weighted by atomic mass is 10.1. The standard InChI is InChI=1S/C30H34N4O8/c1-21(31-15-25(35)33(26(36)16-31)19-41-29(39)13-23-9-5-3-6-10-23)22(2)32-17-27(37)34(28(38)18-32)20-42-30(40)14-24-11-7-4-8-12-24/h3-12,21-22H,13-20H2,1-2H3. The van der Waals surface area contributed by atoms with Gasteiger partial charge < -0.3 is 9.47 Å². The van der Waals surface area contributed by atoms with E-state index in [4.69, 9.17) is 9.47 Å². The summed E-state index contributed by atoms with van der Waals surface area (Å²) in [5.74, 6) is -3.13. The molecule has 2 fully saturated rings. The number of carbonyl (C=O) groups is 6. The first kappa shape index (κ1) is 30.5. The predicted molar refractivity (Wildman–Crippen MR) is 148 cm³/mol. The first-order valence-electron chi connectivity index (χ1n) is 13.7. The van der Waals surface area contributed by atoms with E-state index in [2.05, 4.69) is 0 Å². The maximum Gasteiger partial charge on any atom is 0.311 e. The second-order valence-corrected chi connectivity index (χ2v) is 10.3. The van der Waals surface area contributed by atoms with Gasteiger partial charge in [0.15, 0.2) is 13.5 Å². The SMILES string of the molecule is CC(C(C)N1CC(=O)N(COC(=O)Cc2ccccc2)C(=O)C1)N1CC(=O)N(COC(=O)Cc2ccccc2)C(=O)C1. The largest absolute Gasteiger partial charge is 0.443 e. The summed E-state index contributed by atoms with van der Waals surface area (Å²) in [6.07, 6.45) is 0.0527. The summed E-state index contributed by atoms with van der Waals surface area (Å²) in [6, 6.07) is 17.2. The van der Waals surface area contributed by atoms with Crippen molar-refractivity contribution in [1.82, 2.24) is 19.6 Å². The van der Waals surface area contributed by atoms with Crippen molar-refractivity contribution in [2.45, 2.75) is 38.8 Å². The van der Waals surface area contributed by atoms with Crippen molar-refractivity contribution in [2.75, 3.05) is 39.6 Å². The summed E-state index contributed by atoms with van der Waals surface area (Å²) in [4.78, 5) is 80.6. The molecule has 0 aromatic heterocycles. The predicted octanol–water partition coefficient (Wildman–Crippen LogP) is 0.592. The average Bonchev–Trinajstić information content (AvgIpc) is 2.96. The Balaban J connectivity index is 1.24. The minimum absolute atomic E-state index is 0.0263. The molecule has 4 rings (SSSR count). The summed E-state index contributed by atoms with van der Waals surface area (Å²) in [5, 5.41) is 0. The maximum atomic E-state index is 12.8. The van der Waals surface area contributed by atoms with Crippen LogP contribution in [0.5, 0.6) is 0 Å². The highest BCUT2D eigenvalue weighted by molar-refractivity contribution is 6.00. The Kier molecular flexibility index (Phi) is 10.2. The molecule has 2 aromatic rings. The van der Waals surface area contributed by atoms with Crippen LogP contribution in [0.2, 0.25) is 0 Å². The van der Waals surface area contributed by atoms with E-state index in [1.54, 1.807) is 58.3 Å². The molecule has 0 radical (unpaired) electrons. The Labute approximate surface area is 243 Å². The number of piperazine rings is 2. The Morgan fingerprint density at radius 1 is 0.595 bits per heavy atom.